The fourth-order valence-corrected chi connectivity index (χ4v) is 5.05. The van der Waals surface area contributed by atoms with Gasteiger partial charge in [0.25, 0.3) is 15.9 Å². The molecule has 2 heterocycles. The van der Waals surface area contributed by atoms with Crippen molar-refractivity contribution in [1.82, 2.24) is 4.90 Å². The highest BCUT2D eigenvalue weighted by atomic mass is 32.2. The molecule has 1 unspecified atom stereocenters. The predicted molar refractivity (Wildman–Crippen MR) is 113 cm³/mol. The summed E-state index contributed by atoms with van der Waals surface area (Å²) in [6.45, 7) is 4.30. The number of piperidine rings is 1. The number of ether oxygens (including phenoxy) is 2. The second-order valence-corrected chi connectivity index (χ2v) is 9.39. The molecule has 2 fully saturated rings. The molecule has 1 atom stereocenters. The van der Waals surface area contributed by atoms with Crippen LogP contribution in [-0.4, -0.2) is 51.8 Å². The van der Waals surface area contributed by atoms with Crippen molar-refractivity contribution >= 4 is 21.6 Å². The minimum Gasteiger partial charge on any atom is -0.350 e. The Kier molecular flexibility index (Phi) is 6.08. The molecule has 2 aromatic carbocycles. The summed E-state index contributed by atoms with van der Waals surface area (Å²) < 4.78 is 39.2. The number of likely N-dealkylation sites (tertiary alicyclic amines) is 1. The molecule has 2 aromatic rings. The van der Waals surface area contributed by atoms with Gasteiger partial charge in [-0.2, -0.15) is 0 Å². The van der Waals surface area contributed by atoms with Gasteiger partial charge in [-0.05, 0) is 55.7 Å². The summed E-state index contributed by atoms with van der Waals surface area (Å²) in [4.78, 5) is 14.9. The van der Waals surface area contributed by atoms with E-state index in [-0.39, 0.29) is 23.0 Å². The van der Waals surface area contributed by atoms with Gasteiger partial charge in [-0.3, -0.25) is 9.52 Å². The molecule has 0 saturated carbocycles. The van der Waals surface area contributed by atoms with Gasteiger partial charge < -0.3 is 14.4 Å². The molecule has 7 nitrogen and oxygen atoms in total. The van der Waals surface area contributed by atoms with E-state index >= 15 is 0 Å². The molecule has 1 N–H and O–H groups in total. The maximum Gasteiger partial charge on any atom is 0.261 e. The highest BCUT2D eigenvalue weighted by Gasteiger charge is 2.33. The van der Waals surface area contributed by atoms with E-state index in [1.807, 2.05) is 19.1 Å². The quantitative estimate of drug-likeness (QED) is 0.788. The first-order valence-corrected chi connectivity index (χ1v) is 11.6. The van der Waals surface area contributed by atoms with Crippen LogP contribution in [0.15, 0.2) is 53.4 Å². The van der Waals surface area contributed by atoms with Gasteiger partial charge in [-0.15, -0.1) is 0 Å². The number of sulfonamides is 1. The van der Waals surface area contributed by atoms with E-state index in [1.165, 1.54) is 12.1 Å². The first-order valence-electron chi connectivity index (χ1n) is 10.1. The van der Waals surface area contributed by atoms with E-state index in [9.17, 15) is 13.2 Å². The molecule has 1 amide bonds. The van der Waals surface area contributed by atoms with Crippen LogP contribution in [0.5, 0.6) is 0 Å². The molecule has 0 aliphatic carbocycles. The lowest BCUT2D eigenvalue weighted by molar-refractivity contribution is -0.0969. The van der Waals surface area contributed by atoms with E-state index < -0.39 is 10.0 Å². The molecule has 0 radical (unpaired) electrons. The van der Waals surface area contributed by atoms with Crippen LogP contribution >= 0.6 is 0 Å². The van der Waals surface area contributed by atoms with Crippen molar-refractivity contribution in [3.63, 3.8) is 0 Å². The zero-order valence-electron chi connectivity index (χ0n) is 16.9. The molecule has 2 aliphatic rings. The van der Waals surface area contributed by atoms with Crippen LogP contribution in [0.4, 0.5) is 5.69 Å². The maximum atomic E-state index is 12.9. The van der Waals surface area contributed by atoms with E-state index in [2.05, 4.69) is 4.72 Å². The normalized spacial score (nSPS) is 20.3. The lowest BCUT2D eigenvalue weighted by Gasteiger charge is -2.34. The third-order valence-corrected chi connectivity index (χ3v) is 6.96. The van der Waals surface area contributed by atoms with Gasteiger partial charge in [0.2, 0.25) is 0 Å². The Bertz CT molecular complexity index is 1000. The van der Waals surface area contributed by atoms with Crippen molar-refractivity contribution in [2.24, 2.45) is 5.92 Å². The Balaban J connectivity index is 1.45. The highest BCUT2D eigenvalue weighted by Crippen LogP contribution is 2.26. The number of anilines is 1. The van der Waals surface area contributed by atoms with Crippen LogP contribution < -0.4 is 4.72 Å². The average molecular weight is 431 g/mol. The van der Waals surface area contributed by atoms with Crippen molar-refractivity contribution in [2.45, 2.75) is 31.0 Å². The molecular weight excluding hydrogens is 404 g/mol. The van der Waals surface area contributed by atoms with Gasteiger partial charge in [0.05, 0.1) is 23.8 Å². The second kappa shape index (κ2) is 8.75. The van der Waals surface area contributed by atoms with Gasteiger partial charge in [0, 0.05) is 24.6 Å². The molecule has 2 saturated heterocycles. The number of para-hydroxylation sites is 1. The molecule has 0 bridgehead atoms. The van der Waals surface area contributed by atoms with Crippen molar-refractivity contribution in [3.8, 4) is 0 Å². The molecular formula is C22H26N2O5S. The largest absolute Gasteiger partial charge is 0.350 e. The van der Waals surface area contributed by atoms with Gasteiger partial charge >= 0.3 is 0 Å². The SMILES string of the molecule is Cc1ccccc1NS(=O)(=O)c1ccc(C(=O)N2CCCC(C3OCCO3)C2)cc1. The Morgan fingerprint density at radius 2 is 1.77 bits per heavy atom. The Labute approximate surface area is 177 Å². The molecule has 4 rings (SSSR count). The number of nitrogens with one attached hydrogen (secondary N) is 1. The van der Waals surface area contributed by atoms with Crippen molar-refractivity contribution < 1.29 is 22.7 Å². The van der Waals surface area contributed by atoms with Crippen molar-refractivity contribution in [1.29, 1.82) is 0 Å². The number of hydrogen-bond acceptors (Lipinski definition) is 5. The molecule has 0 aromatic heterocycles. The number of nitrogens with zero attached hydrogens (tertiary/aromatic N) is 1. The van der Waals surface area contributed by atoms with Crippen LogP contribution in [0, 0.1) is 12.8 Å². The lowest BCUT2D eigenvalue weighted by Crippen LogP contribution is -2.43. The van der Waals surface area contributed by atoms with Gasteiger partial charge in [0.15, 0.2) is 6.29 Å². The predicted octanol–water partition coefficient (Wildman–Crippen LogP) is 3.02. The third kappa shape index (κ3) is 4.50. The topological polar surface area (TPSA) is 84.9 Å². The first kappa shape index (κ1) is 20.8. The van der Waals surface area contributed by atoms with E-state index in [0.717, 1.165) is 18.4 Å². The smallest absolute Gasteiger partial charge is 0.261 e. The Morgan fingerprint density at radius 3 is 2.47 bits per heavy atom. The highest BCUT2D eigenvalue weighted by molar-refractivity contribution is 7.92. The third-order valence-electron chi connectivity index (χ3n) is 5.58. The van der Waals surface area contributed by atoms with Gasteiger partial charge in [-0.1, -0.05) is 18.2 Å². The fraction of sp³-hybridized carbons (Fsp3) is 0.409. The van der Waals surface area contributed by atoms with Crippen molar-refractivity contribution in [2.75, 3.05) is 31.0 Å². The number of aryl methyl sites for hydroxylation is 1. The monoisotopic (exact) mass is 430 g/mol. The lowest BCUT2D eigenvalue weighted by atomic mass is 9.96. The van der Waals surface area contributed by atoms with E-state index in [1.54, 1.807) is 29.2 Å². The number of carbonyl (C=O) groups excluding carboxylic acids is 1. The first-order chi connectivity index (χ1) is 14.4. The van der Waals surface area contributed by atoms with Crippen LogP contribution in [0.2, 0.25) is 0 Å². The zero-order valence-corrected chi connectivity index (χ0v) is 17.7. The Morgan fingerprint density at radius 1 is 1.07 bits per heavy atom. The summed E-state index contributed by atoms with van der Waals surface area (Å²) in [5, 5.41) is 0. The fourth-order valence-electron chi connectivity index (χ4n) is 3.92. The summed E-state index contributed by atoms with van der Waals surface area (Å²) in [5.41, 5.74) is 1.84. The summed E-state index contributed by atoms with van der Waals surface area (Å²) in [5.74, 6) is 0.0664. The minimum absolute atomic E-state index is 0.103. The number of amides is 1. The van der Waals surface area contributed by atoms with Crippen LogP contribution in [0.25, 0.3) is 0 Å². The molecule has 2 aliphatic heterocycles. The van der Waals surface area contributed by atoms with Crippen LogP contribution in [0.3, 0.4) is 0 Å². The molecule has 160 valence electrons. The van der Waals surface area contributed by atoms with E-state index in [4.69, 9.17) is 9.47 Å². The van der Waals surface area contributed by atoms with Gasteiger partial charge in [0.1, 0.15) is 0 Å². The zero-order chi connectivity index (χ0) is 21.1. The second-order valence-electron chi connectivity index (χ2n) is 7.71. The maximum absolute atomic E-state index is 12.9. The minimum atomic E-state index is -3.73. The van der Waals surface area contributed by atoms with E-state index in [0.29, 0.717) is 37.6 Å². The number of rotatable bonds is 5. The van der Waals surface area contributed by atoms with Gasteiger partial charge in [-0.25, -0.2) is 8.42 Å². The summed E-state index contributed by atoms with van der Waals surface area (Å²) in [6, 6.07) is 13.3. The average Bonchev–Trinajstić information content (AvgIpc) is 3.30. The molecule has 30 heavy (non-hydrogen) atoms. The number of hydrogen-bond donors (Lipinski definition) is 1. The summed E-state index contributed by atoms with van der Waals surface area (Å²) in [7, 11) is -3.73. The molecule has 0 spiro atoms. The summed E-state index contributed by atoms with van der Waals surface area (Å²) in [6.07, 6.45) is 1.63. The molecule has 8 heteroatoms. The van der Waals surface area contributed by atoms with Crippen molar-refractivity contribution in [3.05, 3.63) is 59.7 Å². The standard InChI is InChI=1S/C22H26N2O5S/c1-16-5-2-3-7-20(16)23-30(26,27)19-10-8-17(9-11-19)21(25)24-12-4-6-18(15-24)22-28-13-14-29-22/h2-3,5,7-11,18,22-23H,4,6,12-15H2,1H3. The summed E-state index contributed by atoms with van der Waals surface area (Å²) >= 11 is 0. The van der Waals surface area contributed by atoms with Crippen LogP contribution in [-0.2, 0) is 19.5 Å². The van der Waals surface area contributed by atoms with Crippen LogP contribution in [0.1, 0.15) is 28.8 Å². The number of benzene rings is 2. The Hall–Kier alpha value is -2.42. The number of carbonyl (C=O) groups is 1.